The van der Waals surface area contributed by atoms with Crippen LogP contribution in [0, 0.1) is 5.92 Å². The number of aliphatic hydroxyl groups excluding tert-OH is 2. The number of amides is 9. The van der Waals surface area contributed by atoms with E-state index in [1.54, 1.807) is 76.4 Å². The van der Waals surface area contributed by atoms with E-state index in [9.17, 15) is 68.4 Å². The zero-order valence-corrected chi connectivity index (χ0v) is 47.1. The number of fused-ring (bicyclic) bond motifs is 2. The van der Waals surface area contributed by atoms with Crippen molar-refractivity contribution in [3.05, 3.63) is 71.4 Å². The number of benzene rings is 2. The van der Waals surface area contributed by atoms with E-state index in [4.69, 9.17) is 17.2 Å². The number of aromatic nitrogens is 1. The summed E-state index contributed by atoms with van der Waals surface area (Å²) in [7, 11) is 1.31. The molecular weight excluding hydrogens is 1090 g/mol. The molecule has 0 radical (unpaired) electrons. The fourth-order valence-corrected chi connectivity index (χ4v) is 10.0. The molecule has 0 unspecified atom stereocenters. The van der Waals surface area contributed by atoms with E-state index in [-0.39, 0.29) is 55.4 Å². The number of H-pyrrole nitrogens is 1. The number of carbonyl (C=O) groups excluding carboxylic acids is 11. The summed E-state index contributed by atoms with van der Waals surface area (Å²) in [6, 6.07) is -0.328. The fraction of sp³-hybridized carbons (Fsp3) is 0.509. The van der Waals surface area contributed by atoms with E-state index in [2.05, 4.69) is 47.2 Å². The van der Waals surface area contributed by atoms with Crippen molar-refractivity contribution in [3.63, 3.8) is 0 Å². The van der Waals surface area contributed by atoms with Gasteiger partial charge in [0.1, 0.15) is 48.3 Å². The van der Waals surface area contributed by atoms with Gasteiger partial charge in [0.25, 0.3) is 5.91 Å². The van der Waals surface area contributed by atoms with Gasteiger partial charge in [-0.2, -0.15) is 0 Å². The van der Waals surface area contributed by atoms with E-state index < -0.39 is 150 Å². The predicted octanol–water partition coefficient (Wildman–Crippen LogP) is -7.02. The second-order valence-corrected chi connectivity index (χ2v) is 22.4. The highest BCUT2D eigenvalue weighted by molar-refractivity contribution is 7.99. The fourth-order valence-electron chi connectivity index (χ4n) is 8.90. The second-order valence-electron chi connectivity index (χ2n) is 20.7. The second kappa shape index (κ2) is 30.5. The molecule has 29 heteroatoms. The van der Waals surface area contributed by atoms with Gasteiger partial charge in [-0.05, 0) is 82.1 Å². The summed E-state index contributed by atoms with van der Waals surface area (Å²) in [5, 5.41) is 62.3. The van der Waals surface area contributed by atoms with Crippen molar-refractivity contribution in [1.82, 2.24) is 47.1 Å². The largest absolute Gasteiger partial charge is 0.550 e. The number of guanidine groups is 1. The highest BCUT2D eigenvalue weighted by Crippen LogP contribution is 2.34. The summed E-state index contributed by atoms with van der Waals surface area (Å²) in [6.07, 6.45) is -2.85. The number of para-hydroxylation sites is 1. The molecule has 0 spiro atoms. The average molecular weight is 1170 g/mol. The summed E-state index contributed by atoms with van der Waals surface area (Å²) < 4.78 is -1.46. The van der Waals surface area contributed by atoms with Crippen molar-refractivity contribution in [2.75, 3.05) is 20.2 Å². The monoisotopic (exact) mass is 1160 g/mol. The van der Waals surface area contributed by atoms with Crippen molar-refractivity contribution >= 4 is 93.7 Å². The van der Waals surface area contributed by atoms with E-state index in [0.29, 0.717) is 22.0 Å². The molecule has 2 heterocycles. The van der Waals surface area contributed by atoms with E-state index in [0.717, 1.165) is 23.6 Å². The predicted molar refractivity (Wildman–Crippen MR) is 293 cm³/mol. The molecule has 1 aliphatic rings. The number of aliphatic carboxylic acids is 2. The Bertz CT molecular complexity index is 2860. The van der Waals surface area contributed by atoms with Gasteiger partial charge in [0.15, 0.2) is 0 Å². The smallest absolute Gasteiger partial charge is 0.338 e. The van der Waals surface area contributed by atoms with Crippen LogP contribution in [-0.2, 0) is 60.1 Å². The minimum absolute atomic E-state index is 0.0605. The number of hydrogen-bond acceptors (Lipinski definition) is 16. The van der Waals surface area contributed by atoms with Gasteiger partial charge in [-0.15, -0.1) is 11.8 Å². The lowest BCUT2D eigenvalue weighted by atomic mass is 9.97. The van der Waals surface area contributed by atoms with Crippen LogP contribution in [0.1, 0.15) is 94.6 Å². The van der Waals surface area contributed by atoms with Gasteiger partial charge in [-0.1, -0.05) is 50.2 Å². The standard InChI is InChI=1S/C53H75N13O15S/c1-26(2)20-34-46(76)65-42(50(80)62-35(21-29-23-58-32-15-10-9-13-30(29)32)44(74)59-33(43(54)73)17-18-39(69)70)53(4,5)82-25-28-12-7-8-14-31(28)51(81)66(6)38(16-11-19-57-52(55)56)48(78)63-37(24-67)47(77)60-36(22-40(71)72)45(75)64-41(27(3)68)49(79)61-34/h7-10,12-15,23,26-27,33-38,41-42,58,67-68H,11,16-22,24-25H2,1-6H3,(H2,54,73)(H,59,74)(H,60,77)(H,61,79)(H,62,80)(H,63,78)(H,64,75)(H,65,76)(H,69,70)(H,71,72)(H4,55,56,57)/p-1/t27-,33-,34+,35+,36+,37+,38+,41+,42-/m1/s1. The third-order valence-electron chi connectivity index (χ3n) is 13.4. The van der Waals surface area contributed by atoms with Crippen molar-refractivity contribution in [2.45, 2.75) is 145 Å². The minimum Gasteiger partial charge on any atom is -0.550 e. The Kier molecular flexibility index (Phi) is 24.6. The van der Waals surface area contributed by atoms with E-state index in [1.165, 1.54) is 13.1 Å². The lowest BCUT2D eigenvalue weighted by Gasteiger charge is -2.36. The molecule has 1 aliphatic heterocycles. The Hall–Kier alpha value is -8.31. The normalized spacial score (nSPS) is 21.7. The maximum absolute atomic E-state index is 15.2. The van der Waals surface area contributed by atoms with Gasteiger partial charge in [0.2, 0.25) is 47.3 Å². The number of aliphatic hydroxyl groups is 2. The number of rotatable bonds is 20. The molecule has 448 valence electrons. The van der Waals surface area contributed by atoms with Crippen LogP contribution in [0.15, 0.2) is 54.7 Å². The number of aromatic amines is 1. The number of carboxylic acid groups (broad SMARTS) is 2. The van der Waals surface area contributed by atoms with Gasteiger partial charge >= 0.3 is 5.96 Å². The zero-order valence-electron chi connectivity index (χ0n) is 46.3. The molecule has 28 nitrogen and oxygen atoms in total. The number of hydrogen-bond donors (Lipinski definition) is 14. The third-order valence-corrected chi connectivity index (χ3v) is 14.9. The van der Waals surface area contributed by atoms with Gasteiger partial charge in [0, 0.05) is 65.0 Å². The number of nitrogens with zero attached hydrogens (tertiary/aromatic N) is 1. The third kappa shape index (κ3) is 19.2. The van der Waals surface area contributed by atoms with Crippen LogP contribution in [0.25, 0.3) is 10.9 Å². The van der Waals surface area contributed by atoms with Crippen LogP contribution < -0.4 is 69.6 Å². The Labute approximate surface area is 476 Å². The highest BCUT2D eigenvalue weighted by Gasteiger charge is 2.42. The van der Waals surface area contributed by atoms with Crippen molar-refractivity contribution in [1.29, 1.82) is 0 Å². The molecule has 82 heavy (non-hydrogen) atoms. The average Bonchev–Trinajstić information content (AvgIpc) is 3.98. The first-order chi connectivity index (χ1) is 38.5. The van der Waals surface area contributed by atoms with Crippen LogP contribution in [-0.4, -0.2) is 171 Å². The zero-order chi connectivity index (χ0) is 61.2. The minimum atomic E-state index is -2.07. The highest BCUT2D eigenvalue weighted by atomic mass is 32.2. The van der Waals surface area contributed by atoms with Crippen molar-refractivity contribution < 1.29 is 78.2 Å². The summed E-state index contributed by atoms with van der Waals surface area (Å²) in [6.45, 7) is 6.64. The summed E-state index contributed by atoms with van der Waals surface area (Å²) in [5.74, 6) is -13.6. The van der Waals surface area contributed by atoms with Gasteiger partial charge in [-0.3, -0.25) is 59.6 Å². The SMILES string of the molecule is CC(C)C[C@@H]1NC(=O)[C@H]([C@@H](C)O)NC(=O)[C@H](CC(=O)[O-])NC(=O)[C@H](CO)NC(=O)[C@H](CCC[NH+]=C(N)N)N(C)C(=O)c2ccccc2CSC(C)(C)[C@@H](C(=O)N[C@@H](Cc2c[nH]c3ccccc23)C(=O)N[C@H](CCC(=O)[O-])C(N)=O)NC1=O. The maximum Gasteiger partial charge on any atom is 0.338 e. The first-order valence-corrected chi connectivity index (χ1v) is 27.3. The van der Waals surface area contributed by atoms with Gasteiger partial charge < -0.3 is 82.9 Å². The molecule has 9 atom stereocenters. The molecule has 17 N–H and O–H groups in total. The lowest BCUT2D eigenvalue weighted by Crippen LogP contribution is -2.78. The van der Waals surface area contributed by atoms with Crippen molar-refractivity contribution in [3.8, 4) is 0 Å². The first kappa shape index (κ1) is 66.2. The molecule has 0 fully saturated rings. The number of carbonyl (C=O) groups is 11. The molecular formula is C53H74N13O15S-. The summed E-state index contributed by atoms with van der Waals surface area (Å²) in [4.78, 5) is 158. The van der Waals surface area contributed by atoms with Crippen LogP contribution >= 0.6 is 11.8 Å². The summed E-state index contributed by atoms with van der Waals surface area (Å²) >= 11 is 1.06. The van der Waals surface area contributed by atoms with Crippen molar-refractivity contribution in [2.24, 2.45) is 23.1 Å². The molecule has 0 saturated heterocycles. The topological polar surface area (TPSA) is 470 Å². The molecule has 3 aromatic rings. The number of thioether (sulfide) groups is 1. The van der Waals surface area contributed by atoms with Gasteiger partial charge in [-0.25, -0.2) is 0 Å². The van der Waals surface area contributed by atoms with Gasteiger partial charge in [0.05, 0.1) is 19.3 Å². The first-order valence-electron chi connectivity index (χ1n) is 26.3. The van der Waals surface area contributed by atoms with E-state index in [1.807, 2.05) is 0 Å². The Morgan fingerprint density at radius 2 is 1.43 bits per heavy atom. The molecule has 9 amide bonds. The number of primary amides is 1. The number of carboxylic acids is 2. The number of nitrogens with one attached hydrogen (secondary N) is 9. The van der Waals surface area contributed by atoms with Crippen LogP contribution in [0.4, 0.5) is 0 Å². The Balaban J connectivity index is 1.92. The molecule has 0 bridgehead atoms. The van der Waals surface area contributed by atoms with Crippen LogP contribution in [0.3, 0.4) is 0 Å². The van der Waals surface area contributed by atoms with Crippen LogP contribution in [0.5, 0.6) is 0 Å². The Morgan fingerprint density at radius 1 is 0.805 bits per heavy atom. The summed E-state index contributed by atoms with van der Waals surface area (Å²) in [5.41, 5.74) is 18.3. The molecule has 2 aromatic carbocycles. The Morgan fingerprint density at radius 3 is 2.05 bits per heavy atom. The number of likely N-dealkylation sites (N-methyl/N-ethyl adjacent to an activating group) is 1. The molecule has 4 rings (SSSR count). The van der Waals surface area contributed by atoms with Crippen LogP contribution in [0.2, 0.25) is 0 Å². The molecule has 1 aromatic heterocycles. The lowest BCUT2D eigenvalue weighted by molar-refractivity contribution is -0.459. The number of nitrogens with two attached hydrogens (primary N) is 3. The maximum atomic E-state index is 15.2. The van der Waals surface area contributed by atoms with E-state index >= 15 is 4.79 Å². The molecule has 0 saturated carbocycles. The quantitative estimate of drug-likeness (QED) is 0.0284. The molecule has 0 aliphatic carbocycles.